The van der Waals surface area contributed by atoms with Gasteiger partial charge in [-0.1, -0.05) is 6.07 Å². The lowest BCUT2D eigenvalue weighted by Gasteiger charge is -2.15. The Morgan fingerprint density at radius 1 is 1.40 bits per heavy atom. The van der Waals surface area contributed by atoms with Gasteiger partial charge in [-0.2, -0.15) is 0 Å². The number of carbonyl (C=O) groups excluding carboxylic acids is 1. The smallest absolute Gasteiger partial charge is 0.305 e. The Kier molecular flexibility index (Phi) is 3.97. The van der Waals surface area contributed by atoms with Gasteiger partial charge in [0.05, 0.1) is 6.42 Å². The Hall–Kier alpha value is -2.04. The van der Waals surface area contributed by atoms with E-state index in [1.807, 2.05) is 26.0 Å². The number of aliphatic carboxylic acids is 1. The topological polar surface area (TPSA) is 75.6 Å². The molecule has 1 aliphatic heterocycles. The number of rotatable bonds is 4. The van der Waals surface area contributed by atoms with Crippen LogP contribution in [-0.2, 0) is 9.59 Å². The molecular weight excluding hydrogens is 258 g/mol. The molecule has 0 saturated carbocycles. The summed E-state index contributed by atoms with van der Waals surface area (Å²) in [6.07, 6.45) is -0.0842. The first-order valence-electron chi connectivity index (χ1n) is 6.64. The lowest BCUT2D eigenvalue weighted by Crippen LogP contribution is -2.38. The number of fused-ring (bicyclic) bond motifs is 1. The molecule has 5 heteroatoms. The number of hydrogen-bond acceptors (Lipinski definition) is 3. The second kappa shape index (κ2) is 5.53. The molecule has 0 spiro atoms. The Bertz CT molecular complexity index is 553. The molecule has 5 nitrogen and oxygen atoms in total. The van der Waals surface area contributed by atoms with Gasteiger partial charge in [0.2, 0.25) is 5.91 Å². The quantitative estimate of drug-likeness (QED) is 0.879. The normalized spacial score (nSPS) is 18.1. The number of carboxylic acids is 1. The van der Waals surface area contributed by atoms with Crippen LogP contribution in [-0.4, -0.2) is 29.6 Å². The highest BCUT2D eigenvalue weighted by molar-refractivity contribution is 5.86. The highest BCUT2D eigenvalue weighted by Gasteiger charge is 2.31. The molecule has 0 fully saturated rings. The molecule has 20 heavy (non-hydrogen) atoms. The number of benzene rings is 1. The molecule has 0 aliphatic carbocycles. The number of hydrogen-bond donors (Lipinski definition) is 2. The van der Waals surface area contributed by atoms with Crippen LogP contribution in [0.4, 0.5) is 0 Å². The predicted octanol–water partition coefficient (Wildman–Crippen LogP) is 1.76. The molecule has 2 atom stereocenters. The average Bonchev–Trinajstić information content (AvgIpc) is 2.71. The fraction of sp³-hybridized carbons (Fsp3) is 0.467. The van der Waals surface area contributed by atoms with Crippen molar-refractivity contribution in [2.75, 3.05) is 6.61 Å². The second-order valence-electron chi connectivity index (χ2n) is 5.35. The van der Waals surface area contributed by atoms with E-state index in [0.29, 0.717) is 6.61 Å². The minimum atomic E-state index is -0.924. The van der Waals surface area contributed by atoms with Crippen molar-refractivity contribution in [2.45, 2.75) is 39.2 Å². The second-order valence-corrected chi connectivity index (χ2v) is 5.35. The SMILES string of the molecule is Cc1cc2c(cc1C)C(C(=O)NC(C)CC(=O)O)CO2. The summed E-state index contributed by atoms with van der Waals surface area (Å²) in [6, 6.07) is 3.53. The third-order valence-corrected chi connectivity index (χ3v) is 3.59. The van der Waals surface area contributed by atoms with Gasteiger partial charge in [0.1, 0.15) is 18.3 Å². The van der Waals surface area contributed by atoms with E-state index in [1.165, 1.54) is 0 Å². The lowest BCUT2D eigenvalue weighted by molar-refractivity contribution is -0.137. The summed E-state index contributed by atoms with van der Waals surface area (Å²) < 4.78 is 5.55. The number of amides is 1. The summed E-state index contributed by atoms with van der Waals surface area (Å²) in [5.41, 5.74) is 3.13. The number of carbonyl (C=O) groups is 2. The van der Waals surface area contributed by atoms with Crippen molar-refractivity contribution < 1.29 is 19.4 Å². The van der Waals surface area contributed by atoms with E-state index in [9.17, 15) is 9.59 Å². The zero-order valence-corrected chi connectivity index (χ0v) is 11.9. The summed E-state index contributed by atoms with van der Waals surface area (Å²) in [5.74, 6) is -0.715. The van der Waals surface area contributed by atoms with Gasteiger partial charge in [-0.15, -0.1) is 0 Å². The fourth-order valence-electron chi connectivity index (χ4n) is 2.35. The Morgan fingerprint density at radius 3 is 2.70 bits per heavy atom. The highest BCUT2D eigenvalue weighted by Crippen LogP contribution is 2.36. The Balaban J connectivity index is 2.11. The molecule has 1 aliphatic rings. The van der Waals surface area contributed by atoms with Crippen molar-refractivity contribution in [2.24, 2.45) is 0 Å². The minimum absolute atomic E-state index is 0.0842. The summed E-state index contributed by atoms with van der Waals surface area (Å²) >= 11 is 0. The molecule has 2 unspecified atom stereocenters. The molecule has 0 bridgehead atoms. The molecule has 1 aromatic carbocycles. The standard InChI is InChI=1S/C15H19NO4/c1-8-4-11-12(7-20-13(11)5-9(8)2)15(19)16-10(3)6-14(17)18/h4-5,10,12H,6-7H2,1-3H3,(H,16,19)(H,17,18). The van der Waals surface area contributed by atoms with Crippen LogP contribution in [0, 0.1) is 13.8 Å². The molecule has 108 valence electrons. The van der Waals surface area contributed by atoms with E-state index in [4.69, 9.17) is 9.84 Å². The third-order valence-electron chi connectivity index (χ3n) is 3.59. The van der Waals surface area contributed by atoms with E-state index in [1.54, 1.807) is 6.92 Å². The Morgan fingerprint density at radius 2 is 2.05 bits per heavy atom. The zero-order valence-electron chi connectivity index (χ0n) is 11.9. The lowest BCUT2D eigenvalue weighted by atomic mass is 9.96. The van der Waals surface area contributed by atoms with Gasteiger partial charge in [0, 0.05) is 11.6 Å². The van der Waals surface area contributed by atoms with Crippen LogP contribution >= 0.6 is 0 Å². The number of nitrogens with one attached hydrogen (secondary N) is 1. The first-order chi connectivity index (χ1) is 9.38. The van der Waals surface area contributed by atoms with Gasteiger partial charge >= 0.3 is 5.97 Å². The molecule has 0 aromatic heterocycles. The van der Waals surface area contributed by atoms with E-state index < -0.39 is 12.0 Å². The minimum Gasteiger partial charge on any atom is -0.492 e. The first-order valence-corrected chi connectivity index (χ1v) is 6.64. The van der Waals surface area contributed by atoms with Crippen LogP contribution in [0.1, 0.15) is 36.0 Å². The summed E-state index contributed by atoms with van der Waals surface area (Å²) in [6.45, 7) is 5.99. The van der Waals surface area contributed by atoms with E-state index in [2.05, 4.69) is 5.32 Å². The molecule has 1 amide bonds. The van der Waals surface area contributed by atoms with Crippen LogP contribution in [0.2, 0.25) is 0 Å². The Labute approximate surface area is 117 Å². The van der Waals surface area contributed by atoms with Gasteiger partial charge in [-0.25, -0.2) is 0 Å². The van der Waals surface area contributed by atoms with Crippen LogP contribution < -0.4 is 10.1 Å². The number of aryl methyl sites for hydroxylation is 2. The van der Waals surface area contributed by atoms with Crippen molar-refractivity contribution in [1.82, 2.24) is 5.32 Å². The summed E-state index contributed by atoms with van der Waals surface area (Å²) in [7, 11) is 0. The largest absolute Gasteiger partial charge is 0.492 e. The van der Waals surface area contributed by atoms with Crippen molar-refractivity contribution in [3.8, 4) is 5.75 Å². The fourth-order valence-corrected chi connectivity index (χ4v) is 2.35. The molecular formula is C15H19NO4. The van der Waals surface area contributed by atoms with Crippen molar-refractivity contribution in [1.29, 1.82) is 0 Å². The molecule has 0 radical (unpaired) electrons. The van der Waals surface area contributed by atoms with Crippen LogP contribution in [0.15, 0.2) is 12.1 Å². The van der Waals surface area contributed by atoms with Gasteiger partial charge < -0.3 is 15.2 Å². The molecule has 2 N–H and O–H groups in total. The summed E-state index contributed by atoms with van der Waals surface area (Å²) in [5, 5.41) is 11.4. The van der Waals surface area contributed by atoms with Crippen LogP contribution in [0.5, 0.6) is 5.75 Å². The van der Waals surface area contributed by atoms with Gasteiger partial charge in [-0.05, 0) is 38.0 Å². The van der Waals surface area contributed by atoms with E-state index in [-0.39, 0.29) is 18.2 Å². The monoisotopic (exact) mass is 277 g/mol. The zero-order chi connectivity index (χ0) is 14.9. The first kappa shape index (κ1) is 14.4. The maximum atomic E-state index is 12.2. The molecule has 2 rings (SSSR count). The third kappa shape index (κ3) is 2.92. The van der Waals surface area contributed by atoms with Crippen LogP contribution in [0.25, 0.3) is 0 Å². The molecule has 1 heterocycles. The van der Waals surface area contributed by atoms with Gasteiger partial charge in [-0.3, -0.25) is 9.59 Å². The number of ether oxygens (including phenoxy) is 1. The molecule has 0 saturated heterocycles. The van der Waals surface area contributed by atoms with Gasteiger partial charge in [0.15, 0.2) is 0 Å². The van der Waals surface area contributed by atoms with E-state index in [0.717, 1.165) is 22.4 Å². The maximum absolute atomic E-state index is 12.2. The van der Waals surface area contributed by atoms with Crippen molar-refractivity contribution in [3.63, 3.8) is 0 Å². The van der Waals surface area contributed by atoms with E-state index >= 15 is 0 Å². The maximum Gasteiger partial charge on any atom is 0.305 e. The highest BCUT2D eigenvalue weighted by atomic mass is 16.5. The average molecular weight is 277 g/mol. The van der Waals surface area contributed by atoms with Crippen molar-refractivity contribution >= 4 is 11.9 Å². The van der Waals surface area contributed by atoms with Gasteiger partial charge in [0.25, 0.3) is 0 Å². The van der Waals surface area contributed by atoms with Crippen molar-refractivity contribution in [3.05, 3.63) is 28.8 Å². The summed E-state index contributed by atoms with van der Waals surface area (Å²) in [4.78, 5) is 22.8. The predicted molar refractivity (Wildman–Crippen MR) is 74.0 cm³/mol. The molecule has 1 aromatic rings. The van der Waals surface area contributed by atoms with Crippen LogP contribution in [0.3, 0.4) is 0 Å². The number of carboxylic acid groups (broad SMARTS) is 1.